The van der Waals surface area contributed by atoms with Crippen LogP contribution >= 0.6 is 15.9 Å². The highest BCUT2D eigenvalue weighted by Crippen LogP contribution is 2.35. The molecule has 2 aromatic heterocycles. The van der Waals surface area contributed by atoms with Crippen LogP contribution in [0.1, 0.15) is 23.8 Å². The average Bonchev–Trinajstić information content (AvgIpc) is 2.78. The second kappa shape index (κ2) is 4.57. The summed E-state index contributed by atoms with van der Waals surface area (Å²) in [5, 5.41) is 0. The van der Waals surface area contributed by atoms with E-state index in [-0.39, 0.29) is 6.10 Å². The first-order valence-electron chi connectivity index (χ1n) is 5.75. The van der Waals surface area contributed by atoms with Gasteiger partial charge in [-0.3, -0.25) is 4.98 Å². The molecule has 4 nitrogen and oxygen atoms in total. The largest absolute Gasteiger partial charge is 0.482 e. The number of hydrogen-bond donors (Lipinski definition) is 1. The third kappa shape index (κ3) is 2.06. The maximum Gasteiger partial charge on any atom is 0.166 e. The van der Waals surface area contributed by atoms with Gasteiger partial charge < -0.3 is 10.5 Å². The van der Waals surface area contributed by atoms with E-state index in [1.165, 1.54) is 0 Å². The monoisotopic (exact) mass is 305 g/mol. The van der Waals surface area contributed by atoms with Gasteiger partial charge in [0.1, 0.15) is 6.10 Å². The van der Waals surface area contributed by atoms with Gasteiger partial charge in [-0.15, -0.1) is 0 Å². The van der Waals surface area contributed by atoms with E-state index >= 15 is 0 Å². The van der Waals surface area contributed by atoms with Crippen LogP contribution in [0.15, 0.2) is 35.1 Å². The first-order valence-corrected chi connectivity index (χ1v) is 6.55. The van der Waals surface area contributed by atoms with Crippen molar-refractivity contribution in [3.8, 4) is 5.75 Å². The molecule has 2 heterocycles. The van der Waals surface area contributed by atoms with Crippen molar-refractivity contribution in [2.24, 2.45) is 0 Å². The van der Waals surface area contributed by atoms with Crippen molar-refractivity contribution in [2.75, 3.05) is 5.73 Å². The van der Waals surface area contributed by atoms with E-state index in [9.17, 15) is 0 Å². The highest BCUT2D eigenvalue weighted by molar-refractivity contribution is 9.10. The van der Waals surface area contributed by atoms with Crippen LogP contribution in [0.5, 0.6) is 5.75 Å². The van der Waals surface area contributed by atoms with Crippen molar-refractivity contribution in [3.05, 3.63) is 46.3 Å². The van der Waals surface area contributed by atoms with E-state index in [1.54, 1.807) is 6.20 Å². The Morgan fingerprint density at radius 3 is 3.17 bits per heavy atom. The fraction of sp³-hybridized carbons (Fsp3) is 0.231. The molecule has 1 unspecified atom stereocenters. The van der Waals surface area contributed by atoms with Crippen LogP contribution in [0.25, 0.3) is 0 Å². The molecule has 1 aliphatic rings. The maximum atomic E-state index is 5.96. The maximum absolute atomic E-state index is 5.96. The van der Waals surface area contributed by atoms with Crippen LogP contribution in [-0.4, -0.2) is 9.97 Å². The Balaban J connectivity index is 1.88. The molecule has 0 saturated heterocycles. The lowest BCUT2D eigenvalue weighted by Crippen LogP contribution is -2.06. The molecule has 0 spiro atoms. The highest BCUT2D eigenvalue weighted by Gasteiger charge is 2.25. The Hall–Kier alpha value is -1.62. The molecule has 3 rings (SSSR count). The van der Waals surface area contributed by atoms with Crippen molar-refractivity contribution >= 4 is 21.7 Å². The number of nitrogens with zero attached hydrogens (tertiary/aromatic N) is 2. The molecule has 2 aromatic rings. The molecule has 1 aliphatic carbocycles. The lowest BCUT2D eigenvalue weighted by atomic mass is 10.2. The number of pyridine rings is 2. The standard InChI is InChI=1S/C13H12BrN3O/c14-8-6-12(13(15)17-7-8)18-11-4-3-10-9(11)2-1-5-16-10/h1-2,5-7,11H,3-4H2,(H2,15,17). The molecule has 0 amide bonds. The number of fused-ring (bicyclic) bond motifs is 1. The van der Waals surface area contributed by atoms with Crippen LogP contribution in [0, 0.1) is 0 Å². The summed E-state index contributed by atoms with van der Waals surface area (Å²) in [6, 6.07) is 5.83. The minimum Gasteiger partial charge on any atom is -0.482 e. The molecule has 0 radical (unpaired) electrons. The van der Waals surface area contributed by atoms with Gasteiger partial charge in [-0.1, -0.05) is 6.07 Å². The predicted molar refractivity (Wildman–Crippen MR) is 72.3 cm³/mol. The Morgan fingerprint density at radius 1 is 1.39 bits per heavy atom. The van der Waals surface area contributed by atoms with Gasteiger partial charge in [0.15, 0.2) is 11.6 Å². The van der Waals surface area contributed by atoms with E-state index in [0.29, 0.717) is 11.6 Å². The third-order valence-electron chi connectivity index (χ3n) is 3.03. The topological polar surface area (TPSA) is 61.0 Å². The fourth-order valence-corrected chi connectivity index (χ4v) is 2.49. The summed E-state index contributed by atoms with van der Waals surface area (Å²) in [5.74, 6) is 1.03. The van der Waals surface area contributed by atoms with Crippen LogP contribution in [0.2, 0.25) is 0 Å². The number of nitrogens with two attached hydrogens (primary N) is 1. The summed E-state index contributed by atoms with van der Waals surface area (Å²) in [6.07, 6.45) is 5.37. The first-order chi connectivity index (χ1) is 8.74. The quantitative estimate of drug-likeness (QED) is 0.927. The van der Waals surface area contributed by atoms with Crippen LogP contribution < -0.4 is 10.5 Å². The SMILES string of the molecule is Nc1ncc(Br)cc1OC1CCc2ncccc21. The molecule has 0 fully saturated rings. The normalized spacial score (nSPS) is 17.5. The molecule has 18 heavy (non-hydrogen) atoms. The third-order valence-corrected chi connectivity index (χ3v) is 3.47. The molecule has 5 heteroatoms. The number of ether oxygens (including phenoxy) is 1. The lowest BCUT2D eigenvalue weighted by Gasteiger charge is -2.15. The molecular weight excluding hydrogens is 294 g/mol. The van der Waals surface area contributed by atoms with Crippen molar-refractivity contribution in [1.82, 2.24) is 9.97 Å². The number of hydrogen-bond acceptors (Lipinski definition) is 4. The van der Waals surface area contributed by atoms with E-state index in [4.69, 9.17) is 10.5 Å². The number of aromatic nitrogens is 2. The molecule has 0 aromatic carbocycles. The van der Waals surface area contributed by atoms with Crippen LogP contribution in [0.3, 0.4) is 0 Å². The molecule has 0 bridgehead atoms. The molecule has 0 saturated carbocycles. The summed E-state index contributed by atoms with van der Waals surface area (Å²) in [7, 11) is 0. The van der Waals surface area contributed by atoms with Gasteiger partial charge in [0.05, 0.1) is 0 Å². The number of aryl methyl sites for hydroxylation is 1. The Bertz CT molecular complexity index is 588. The van der Waals surface area contributed by atoms with Gasteiger partial charge in [-0.2, -0.15) is 0 Å². The van der Waals surface area contributed by atoms with Gasteiger partial charge in [0.2, 0.25) is 0 Å². The number of nitrogen functional groups attached to an aromatic ring is 1. The minimum atomic E-state index is 0.0205. The molecule has 2 N–H and O–H groups in total. The summed E-state index contributed by atoms with van der Waals surface area (Å²) < 4.78 is 6.81. The zero-order valence-electron chi connectivity index (χ0n) is 9.64. The Kier molecular flexibility index (Phi) is 2.91. The zero-order chi connectivity index (χ0) is 12.5. The number of anilines is 1. The van der Waals surface area contributed by atoms with Crippen molar-refractivity contribution in [1.29, 1.82) is 0 Å². The number of rotatable bonds is 2. The van der Waals surface area contributed by atoms with E-state index < -0.39 is 0 Å². The van der Waals surface area contributed by atoms with Gasteiger partial charge in [-0.25, -0.2) is 4.98 Å². The second-order valence-corrected chi connectivity index (χ2v) is 5.14. The van der Waals surface area contributed by atoms with Crippen molar-refractivity contribution < 1.29 is 4.74 Å². The average molecular weight is 306 g/mol. The van der Waals surface area contributed by atoms with E-state index in [2.05, 4.69) is 32.0 Å². The zero-order valence-corrected chi connectivity index (χ0v) is 11.2. The lowest BCUT2D eigenvalue weighted by molar-refractivity contribution is 0.208. The summed E-state index contributed by atoms with van der Waals surface area (Å²) in [6.45, 7) is 0. The molecule has 0 aliphatic heterocycles. The predicted octanol–water partition coefficient (Wildman–Crippen LogP) is 2.89. The molecule has 92 valence electrons. The smallest absolute Gasteiger partial charge is 0.166 e. The fourth-order valence-electron chi connectivity index (χ4n) is 2.18. The molecular formula is C13H12BrN3O. The van der Waals surface area contributed by atoms with E-state index in [0.717, 1.165) is 28.6 Å². The van der Waals surface area contributed by atoms with Gasteiger partial charge in [0, 0.05) is 28.1 Å². The second-order valence-electron chi connectivity index (χ2n) is 4.22. The summed E-state index contributed by atoms with van der Waals surface area (Å²) >= 11 is 3.37. The summed E-state index contributed by atoms with van der Waals surface area (Å²) in [4.78, 5) is 8.42. The Labute approximate surface area is 113 Å². The Morgan fingerprint density at radius 2 is 2.28 bits per heavy atom. The van der Waals surface area contributed by atoms with Crippen molar-refractivity contribution in [3.63, 3.8) is 0 Å². The van der Waals surface area contributed by atoms with Gasteiger partial charge in [0.25, 0.3) is 0 Å². The van der Waals surface area contributed by atoms with Crippen LogP contribution in [0.4, 0.5) is 5.82 Å². The van der Waals surface area contributed by atoms with E-state index in [1.807, 2.05) is 18.3 Å². The van der Waals surface area contributed by atoms with Crippen LogP contribution in [-0.2, 0) is 6.42 Å². The van der Waals surface area contributed by atoms with Gasteiger partial charge in [-0.05, 0) is 40.9 Å². The number of halogens is 1. The molecule has 1 atom stereocenters. The summed E-state index contributed by atoms with van der Waals surface area (Å²) in [5.41, 5.74) is 8.08. The minimum absolute atomic E-state index is 0.0205. The first kappa shape index (κ1) is 11.5. The van der Waals surface area contributed by atoms with Gasteiger partial charge >= 0.3 is 0 Å². The van der Waals surface area contributed by atoms with Crippen molar-refractivity contribution in [2.45, 2.75) is 18.9 Å². The highest BCUT2D eigenvalue weighted by atomic mass is 79.9.